The molecule has 0 unspecified atom stereocenters. The maximum atomic E-state index is 11.6. The molecular weight excluding hydrogens is 194 g/mol. The summed E-state index contributed by atoms with van der Waals surface area (Å²) in [6, 6.07) is -1.11. The minimum Gasteiger partial charge on any atom is -0.355 e. The Balaban J connectivity index is 4.41. The third-order valence-corrected chi connectivity index (χ3v) is 2.01. The Morgan fingerprint density at radius 2 is 1.73 bits per heavy atom. The Labute approximate surface area is 90.8 Å². The summed E-state index contributed by atoms with van der Waals surface area (Å²) in [5.74, 6) is -0.430. The average molecular weight is 215 g/mol. The smallest absolute Gasteiger partial charge is 0.242 e. The summed E-state index contributed by atoms with van der Waals surface area (Å²) < 4.78 is 0. The normalized spacial score (nSPS) is 14.5. The van der Waals surface area contributed by atoms with Gasteiger partial charge in [0, 0.05) is 6.54 Å². The van der Waals surface area contributed by atoms with Crippen LogP contribution in [-0.4, -0.2) is 30.4 Å². The molecule has 0 spiro atoms. The van der Waals surface area contributed by atoms with E-state index in [2.05, 4.69) is 10.6 Å². The zero-order valence-corrected chi connectivity index (χ0v) is 9.83. The number of hydrogen-bond acceptors (Lipinski definition) is 3. The minimum atomic E-state index is -0.597. The molecule has 0 heterocycles. The Morgan fingerprint density at radius 1 is 1.20 bits per heavy atom. The van der Waals surface area contributed by atoms with E-state index in [0.717, 1.165) is 0 Å². The van der Waals surface area contributed by atoms with Gasteiger partial charge < -0.3 is 16.4 Å². The molecule has 0 bridgehead atoms. The molecule has 0 fully saturated rings. The van der Waals surface area contributed by atoms with Gasteiger partial charge in [-0.3, -0.25) is 9.59 Å². The van der Waals surface area contributed by atoms with Gasteiger partial charge in [-0.2, -0.15) is 0 Å². The quantitative estimate of drug-likeness (QED) is 0.584. The van der Waals surface area contributed by atoms with Crippen LogP contribution in [-0.2, 0) is 9.59 Å². The maximum Gasteiger partial charge on any atom is 0.242 e. The monoisotopic (exact) mass is 215 g/mol. The van der Waals surface area contributed by atoms with Gasteiger partial charge in [-0.1, -0.05) is 13.8 Å². The first kappa shape index (κ1) is 13.9. The zero-order valence-electron chi connectivity index (χ0n) is 9.83. The van der Waals surface area contributed by atoms with Gasteiger partial charge in [0.15, 0.2) is 0 Å². The van der Waals surface area contributed by atoms with E-state index in [9.17, 15) is 9.59 Å². The second-order valence-electron chi connectivity index (χ2n) is 3.91. The Hall–Kier alpha value is -1.10. The number of nitrogens with one attached hydrogen (secondary N) is 2. The lowest BCUT2D eigenvalue weighted by Gasteiger charge is -2.22. The van der Waals surface area contributed by atoms with Crippen molar-refractivity contribution < 1.29 is 9.59 Å². The molecule has 0 radical (unpaired) electrons. The van der Waals surface area contributed by atoms with Gasteiger partial charge in [0.2, 0.25) is 11.8 Å². The highest BCUT2D eigenvalue weighted by Crippen LogP contribution is 2.01. The highest BCUT2D eigenvalue weighted by atomic mass is 16.2. The zero-order chi connectivity index (χ0) is 12.0. The van der Waals surface area contributed by atoms with Crippen LogP contribution in [0.15, 0.2) is 0 Å². The fourth-order valence-electron chi connectivity index (χ4n) is 1.10. The molecule has 0 aromatic heterocycles. The molecule has 2 atom stereocenters. The van der Waals surface area contributed by atoms with Crippen LogP contribution < -0.4 is 16.4 Å². The number of likely N-dealkylation sites (N-methyl/N-ethyl adjacent to an activating group) is 1. The fraction of sp³-hybridized carbons (Fsp3) is 0.800. The van der Waals surface area contributed by atoms with Gasteiger partial charge >= 0.3 is 0 Å². The lowest BCUT2D eigenvalue weighted by atomic mass is 10.0. The molecule has 0 saturated heterocycles. The van der Waals surface area contributed by atoms with Crippen molar-refractivity contribution in [2.24, 2.45) is 11.7 Å². The fourth-order valence-corrected chi connectivity index (χ4v) is 1.10. The number of rotatable bonds is 5. The second kappa shape index (κ2) is 6.40. The van der Waals surface area contributed by atoms with Crippen LogP contribution in [0.2, 0.25) is 0 Å². The van der Waals surface area contributed by atoms with Crippen molar-refractivity contribution in [2.75, 3.05) is 6.54 Å². The van der Waals surface area contributed by atoms with E-state index in [1.807, 2.05) is 20.8 Å². The largest absolute Gasteiger partial charge is 0.355 e. The molecule has 0 aliphatic heterocycles. The van der Waals surface area contributed by atoms with Crippen molar-refractivity contribution in [3.8, 4) is 0 Å². The highest BCUT2D eigenvalue weighted by Gasteiger charge is 2.24. The van der Waals surface area contributed by atoms with Gasteiger partial charge in [-0.05, 0) is 19.8 Å². The SMILES string of the molecule is CCNC(=O)[C@@H](NC(=O)[C@H](C)N)C(C)C. The molecule has 15 heavy (non-hydrogen) atoms. The molecule has 5 nitrogen and oxygen atoms in total. The first-order chi connectivity index (χ1) is 6.90. The lowest BCUT2D eigenvalue weighted by molar-refractivity contribution is -0.130. The summed E-state index contributed by atoms with van der Waals surface area (Å²) >= 11 is 0. The van der Waals surface area contributed by atoms with Crippen molar-refractivity contribution in [3.63, 3.8) is 0 Å². The standard InChI is InChI=1S/C10H21N3O2/c1-5-12-10(15)8(6(2)3)13-9(14)7(4)11/h6-8H,5,11H2,1-4H3,(H,12,15)(H,13,14)/t7-,8-/m0/s1. The van der Waals surface area contributed by atoms with Crippen LogP contribution >= 0.6 is 0 Å². The van der Waals surface area contributed by atoms with Crippen LogP contribution in [0.1, 0.15) is 27.7 Å². The molecule has 4 N–H and O–H groups in total. The number of hydrogen-bond donors (Lipinski definition) is 3. The molecule has 0 saturated carbocycles. The molecule has 0 aromatic rings. The second-order valence-corrected chi connectivity index (χ2v) is 3.91. The molecule has 0 aliphatic carbocycles. The predicted octanol–water partition coefficient (Wildman–Crippen LogP) is -0.389. The minimum absolute atomic E-state index is 0.0410. The number of carbonyl (C=O) groups is 2. The molecule has 5 heteroatoms. The van der Waals surface area contributed by atoms with Crippen LogP contribution in [0.4, 0.5) is 0 Å². The molecule has 0 aliphatic rings. The first-order valence-corrected chi connectivity index (χ1v) is 5.23. The molecule has 2 amide bonds. The summed E-state index contributed by atoms with van der Waals surface area (Å²) in [4.78, 5) is 22.9. The number of nitrogens with two attached hydrogens (primary N) is 1. The van der Waals surface area contributed by atoms with Crippen LogP contribution in [0.25, 0.3) is 0 Å². The van der Waals surface area contributed by atoms with Gasteiger partial charge in [0.05, 0.1) is 6.04 Å². The molecule has 88 valence electrons. The Bertz CT molecular complexity index is 227. The van der Waals surface area contributed by atoms with Gasteiger partial charge in [0.25, 0.3) is 0 Å². The summed E-state index contributed by atoms with van der Waals surface area (Å²) in [5, 5.41) is 5.30. The lowest BCUT2D eigenvalue weighted by Crippen LogP contribution is -2.53. The van der Waals surface area contributed by atoms with Crippen molar-refractivity contribution in [1.29, 1.82) is 0 Å². The molecule has 0 rings (SSSR count). The van der Waals surface area contributed by atoms with Crippen molar-refractivity contribution in [2.45, 2.75) is 39.8 Å². The summed E-state index contributed by atoms with van der Waals surface area (Å²) in [5.41, 5.74) is 5.41. The van der Waals surface area contributed by atoms with Gasteiger partial charge in [-0.15, -0.1) is 0 Å². The van der Waals surface area contributed by atoms with Crippen molar-refractivity contribution in [1.82, 2.24) is 10.6 Å². The Morgan fingerprint density at radius 3 is 2.07 bits per heavy atom. The van der Waals surface area contributed by atoms with E-state index < -0.39 is 12.1 Å². The third kappa shape index (κ3) is 4.78. The van der Waals surface area contributed by atoms with E-state index in [4.69, 9.17) is 5.73 Å². The number of amides is 2. The summed E-state index contributed by atoms with van der Waals surface area (Å²) in [6.45, 7) is 7.73. The predicted molar refractivity (Wildman–Crippen MR) is 59.1 cm³/mol. The molecule has 0 aromatic carbocycles. The van der Waals surface area contributed by atoms with E-state index >= 15 is 0 Å². The van der Waals surface area contributed by atoms with Gasteiger partial charge in [-0.25, -0.2) is 0 Å². The average Bonchev–Trinajstić information content (AvgIpc) is 2.13. The topological polar surface area (TPSA) is 84.2 Å². The van der Waals surface area contributed by atoms with Gasteiger partial charge in [0.1, 0.15) is 6.04 Å². The van der Waals surface area contributed by atoms with E-state index in [1.165, 1.54) is 0 Å². The van der Waals surface area contributed by atoms with Crippen LogP contribution in [0.3, 0.4) is 0 Å². The van der Waals surface area contributed by atoms with E-state index in [0.29, 0.717) is 6.54 Å². The van der Waals surface area contributed by atoms with Crippen molar-refractivity contribution >= 4 is 11.8 Å². The third-order valence-electron chi connectivity index (χ3n) is 2.01. The van der Waals surface area contributed by atoms with E-state index in [1.54, 1.807) is 6.92 Å². The summed E-state index contributed by atoms with van der Waals surface area (Å²) in [7, 11) is 0. The van der Waals surface area contributed by atoms with Crippen LogP contribution in [0, 0.1) is 5.92 Å². The maximum absolute atomic E-state index is 11.6. The van der Waals surface area contributed by atoms with E-state index in [-0.39, 0.29) is 17.7 Å². The summed E-state index contributed by atoms with van der Waals surface area (Å²) in [6.07, 6.45) is 0. The van der Waals surface area contributed by atoms with Crippen molar-refractivity contribution in [3.05, 3.63) is 0 Å². The molecular formula is C10H21N3O2. The van der Waals surface area contributed by atoms with Crippen LogP contribution in [0.5, 0.6) is 0 Å². The first-order valence-electron chi connectivity index (χ1n) is 5.23. The Kier molecular flexibility index (Phi) is 5.93. The highest BCUT2D eigenvalue weighted by molar-refractivity contribution is 5.89. The number of carbonyl (C=O) groups excluding carboxylic acids is 2.